The van der Waals surface area contributed by atoms with Gasteiger partial charge in [-0.25, -0.2) is 0 Å². The van der Waals surface area contributed by atoms with E-state index in [1.165, 1.54) is 24.2 Å². The van der Waals surface area contributed by atoms with Crippen LogP contribution >= 0.6 is 0 Å². The lowest BCUT2D eigenvalue weighted by atomic mass is 10.0. The molecule has 0 spiro atoms. The molecule has 1 fully saturated rings. The van der Waals surface area contributed by atoms with Gasteiger partial charge in [0.15, 0.2) is 0 Å². The first-order chi connectivity index (χ1) is 7.78. The van der Waals surface area contributed by atoms with E-state index in [9.17, 15) is 0 Å². The predicted molar refractivity (Wildman–Crippen MR) is 63.6 cm³/mol. The zero-order chi connectivity index (χ0) is 11.1. The number of benzene rings is 1. The minimum absolute atomic E-state index is 0.573. The Morgan fingerprint density at radius 1 is 1.31 bits per heavy atom. The molecule has 0 aliphatic carbocycles. The molecule has 3 nitrogen and oxygen atoms in total. The van der Waals surface area contributed by atoms with Gasteiger partial charge in [0.1, 0.15) is 5.75 Å². The number of ether oxygens (including phenoxy) is 1. The second kappa shape index (κ2) is 3.75. The van der Waals surface area contributed by atoms with Crippen molar-refractivity contribution in [3.05, 3.63) is 29.3 Å². The minimum atomic E-state index is 0.573. The number of rotatable bonds is 1. The van der Waals surface area contributed by atoms with Gasteiger partial charge >= 0.3 is 0 Å². The van der Waals surface area contributed by atoms with Crippen LogP contribution < -0.4 is 4.74 Å². The molecule has 0 amide bonds. The van der Waals surface area contributed by atoms with Crippen LogP contribution in [0.5, 0.6) is 5.75 Å². The van der Waals surface area contributed by atoms with E-state index in [-0.39, 0.29) is 0 Å². The molecule has 1 aromatic rings. The maximum atomic E-state index is 5.31. The molecule has 1 saturated heterocycles. The number of nitrogens with zero attached hydrogens (tertiary/aromatic N) is 2. The normalized spacial score (nSPS) is 25.2. The quantitative estimate of drug-likeness (QED) is 0.710. The first kappa shape index (κ1) is 10.1. The Kier molecular flexibility index (Phi) is 2.37. The highest BCUT2D eigenvalue weighted by Crippen LogP contribution is 2.37. The molecule has 2 aliphatic rings. The maximum absolute atomic E-state index is 5.31. The van der Waals surface area contributed by atoms with Crippen molar-refractivity contribution in [1.82, 2.24) is 9.80 Å². The molecule has 86 valence electrons. The average molecular weight is 218 g/mol. The van der Waals surface area contributed by atoms with Gasteiger partial charge in [0, 0.05) is 32.2 Å². The van der Waals surface area contributed by atoms with Gasteiger partial charge in [-0.1, -0.05) is 6.07 Å². The second-order valence-electron chi connectivity index (χ2n) is 4.81. The Labute approximate surface area is 96.6 Å². The molecule has 0 bridgehead atoms. The van der Waals surface area contributed by atoms with Gasteiger partial charge in [-0.05, 0) is 30.3 Å². The van der Waals surface area contributed by atoms with Crippen LogP contribution in [0.4, 0.5) is 0 Å². The van der Waals surface area contributed by atoms with Gasteiger partial charge in [-0.15, -0.1) is 0 Å². The number of hydrogen-bond acceptors (Lipinski definition) is 3. The molecule has 0 saturated carbocycles. The smallest absolute Gasteiger partial charge is 0.119 e. The summed E-state index contributed by atoms with van der Waals surface area (Å²) >= 11 is 0. The van der Waals surface area contributed by atoms with Crippen molar-refractivity contribution >= 4 is 0 Å². The Morgan fingerprint density at radius 2 is 2.19 bits per heavy atom. The van der Waals surface area contributed by atoms with Crippen molar-refractivity contribution in [2.45, 2.75) is 12.6 Å². The molecule has 2 aliphatic heterocycles. The molecule has 0 radical (unpaired) electrons. The Balaban J connectivity index is 1.95. The summed E-state index contributed by atoms with van der Waals surface area (Å²) in [6.45, 7) is 4.61. The lowest BCUT2D eigenvalue weighted by molar-refractivity contribution is 0.101. The summed E-state index contributed by atoms with van der Waals surface area (Å²) in [6, 6.07) is 7.07. The van der Waals surface area contributed by atoms with Crippen LogP contribution in [0.15, 0.2) is 18.2 Å². The first-order valence-corrected chi connectivity index (χ1v) is 5.87. The third kappa shape index (κ3) is 1.51. The highest BCUT2D eigenvalue weighted by molar-refractivity contribution is 5.41. The molecule has 1 aromatic carbocycles. The standard InChI is InChI=1S/C13H18N2O/c1-14-5-6-15-8-10-3-4-11(16-2)7-12(10)13(15)9-14/h3-4,7,13H,5-6,8-9H2,1-2H3. The maximum Gasteiger partial charge on any atom is 0.119 e. The average Bonchev–Trinajstić information content (AvgIpc) is 2.66. The minimum Gasteiger partial charge on any atom is -0.497 e. The number of hydrogen-bond donors (Lipinski definition) is 0. The summed E-state index contributed by atoms with van der Waals surface area (Å²) in [4.78, 5) is 4.99. The van der Waals surface area contributed by atoms with Crippen LogP contribution in [0.2, 0.25) is 0 Å². The summed E-state index contributed by atoms with van der Waals surface area (Å²) in [5, 5.41) is 0. The van der Waals surface area contributed by atoms with Gasteiger partial charge in [-0.3, -0.25) is 4.90 Å². The molecule has 1 atom stereocenters. The third-order valence-corrected chi connectivity index (χ3v) is 3.78. The largest absolute Gasteiger partial charge is 0.497 e. The van der Waals surface area contributed by atoms with Gasteiger partial charge in [0.2, 0.25) is 0 Å². The Bertz CT molecular complexity index is 405. The van der Waals surface area contributed by atoms with E-state index in [1.54, 1.807) is 7.11 Å². The van der Waals surface area contributed by atoms with Crippen LogP contribution in [0, 0.1) is 0 Å². The Hall–Kier alpha value is -1.06. The van der Waals surface area contributed by atoms with Gasteiger partial charge in [0.25, 0.3) is 0 Å². The molecule has 2 heterocycles. The predicted octanol–water partition coefficient (Wildman–Crippen LogP) is 1.50. The monoisotopic (exact) mass is 218 g/mol. The van der Waals surface area contributed by atoms with E-state index in [0.29, 0.717) is 6.04 Å². The van der Waals surface area contributed by atoms with Gasteiger partial charge in [-0.2, -0.15) is 0 Å². The van der Waals surface area contributed by atoms with Crippen molar-refractivity contribution in [1.29, 1.82) is 0 Å². The third-order valence-electron chi connectivity index (χ3n) is 3.78. The van der Waals surface area contributed by atoms with Crippen molar-refractivity contribution in [2.24, 2.45) is 0 Å². The number of fused-ring (bicyclic) bond motifs is 3. The van der Waals surface area contributed by atoms with Crippen LogP contribution in [-0.2, 0) is 6.54 Å². The highest BCUT2D eigenvalue weighted by atomic mass is 16.5. The molecule has 3 rings (SSSR count). The molecular formula is C13H18N2O. The van der Waals surface area contributed by atoms with E-state index in [0.717, 1.165) is 18.8 Å². The van der Waals surface area contributed by atoms with E-state index in [4.69, 9.17) is 4.74 Å². The van der Waals surface area contributed by atoms with Gasteiger partial charge in [0.05, 0.1) is 7.11 Å². The topological polar surface area (TPSA) is 15.7 Å². The highest BCUT2D eigenvalue weighted by Gasteiger charge is 2.33. The van der Waals surface area contributed by atoms with E-state index in [1.807, 2.05) is 0 Å². The fraction of sp³-hybridized carbons (Fsp3) is 0.538. The lowest BCUT2D eigenvalue weighted by Gasteiger charge is -2.35. The van der Waals surface area contributed by atoms with E-state index >= 15 is 0 Å². The number of likely N-dealkylation sites (N-methyl/N-ethyl adjacent to an activating group) is 1. The van der Waals surface area contributed by atoms with Crippen molar-refractivity contribution in [3.63, 3.8) is 0 Å². The van der Waals surface area contributed by atoms with E-state index < -0.39 is 0 Å². The van der Waals surface area contributed by atoms with Crippen LogP contribution in [0.3, 0.4) is 0 Å². The molecule has 0 N–H and O–H groups in total. The van der Waals surface area contributed by atoms with Crippen molar-refractivity contribution in [2.75, 3.05) is 33.8 Å². The molecule has 16 heavy (non-hydrogen) atoms. The number of methoxy groups -OCH3 is 1. The molecule has 1 unspecified atom stereocenters. The van der Waals surface area contributed by atoms with Crippen LogP contribution in [0.25, 0.3) is 0 Å². The zero-order valence-electron chi connectivity index (χ0n) is 9.94. The summed E-state index contributed by atoms with van der Waals surface area (Å²) in [5.41, 5.74) is 2.94. The summed E-state index contributed by atoms with van der Waals surface area (Å²) in [6.07, 6.45) is 0. The van der Waals surface area contributed by atoms with Crippen LogP contribution in [0.1, 0.15) is 17.2 Å². The van der Waals surface area contributed by atoms with Gasteiger partial charge < -0.3 is 9.64 Å². The van der Waals surface area contributed by atoms with E-state index in [2.05, 4.69) is 35.0 Å². The second-order valence-corrected chi connectivity index (χ2v) is 4.81. The SMILES string of the molecule is COc1ccc2c(c1)C1CN(C)CCN1C2. The number of piperazine rings is 1. The summed E-state index contributed by atoms with van der Waals surface area (Å²) in [5.74, 6) is 0.980. The van der Waals surface area contributed by atoms with Crippen molar-refractivity contribution in [3.8, 4) is 5.75 Å². The zero-order valence-corrected chi connectivity index (χ0v) is 9.94. The van der Waals surface area contributed by atoms with Crippen molar-refractivity contribution < 1.29 is 4.74 Å². The lowest BCUT2D eigenvalue weighted by Crippen LogP contribution is -2.43. The fourth-order valence-electron chi connectivity index (χ4n) is 2.81. The first-order valence-electron chi connectivity index (χ1n) is 5.87. The Morgan fingerprint density at radius 3 is 3.00 bits per heavy atom. The molecular weight excluding hydrogens is 200 g/mol. The summed E-state index contributed by atoms with van der Waals surface area (Å²) < 4.78 is 5.31. The fourth-order valence-corrected chi connectivity index (χ4v) is 2.81. The molecule has 0 aromatic heterocycles. The molecule has 3 heteroatoms. The van der Waals surface area contributed by atoms with Crippen LogP contribution in [-0.4, -0.2) is 43.6 Å². The summed E-state index contributed by atoms with van der Waals surface area (Å²) in [7, 11) is 3.94.